The Kier molecular flexibility index (Phi) is 4.43. The molecule has 1 aromatic heterocycles. The highest BCUT2D eigenvalue weighted by Gasteiger charge is 2.23. The Morgan fingerprint density at radius 2 is 2.11 bits per heavy atom. The van der Waals surface area contributed by atoms with Gasteiger partial charge < -0.3 is 10.1 Å². The van der Waals surface area contributed by atoms with Crippen LogP contribution in [0, 0.1) is 0 Å². The van der Waals surface area contributed by atoms with Crippen LogP contribution in [0.3, 0.4) is 0 Å². The van der Waals surface area contributed by atoms with E-state index in [0.29, 0.717) is 0 Å². The summed E-state index contributed by atoms with van der Waals surface area (Å²) in [6.07, 6.45) is 7.62. The zero-order valence-corrected chi connectivity index (χ0v) is 10.8. The summed E-state index contributed by atoms with van der Waals surface area (Å²) in [5.41, 5.74) is 0.100. The summed E-state index contributed by atoms with van der Waals surface area (Å²) >= 11 is 0. The molecule has 1 atom stereocenters. The molecule has 1 aliphatic carbocycles. The molecule has 1 aromatic rings. The van der Waals surface area contributed by atoms with E-state index < -0.39 is 12.1 Å². The van der Waals surface area contributed by atoms with Crippen molar-refractivity contribution in [2.75, 3.05) is 0 Å². The molecular formula is C13H17N3O3. The highest BCUT2D eigenvalue weighted by atomic mass is 16.5. The number of nitrogens with zero attached hydrogens (tertiary/aromatic N) is 2. The third kappa shape index (κ3) is 3.74. The van der Waals surface area contributed by atoms with Crippen molar-refractivity contribution in [3.05, 3.63) is 24.3 Å². The van der Waals surface area contributed by atoms with Gasteiger partial charge in [0.1, 0.15) is 0 Å². The lowest BCUT2D eigenvalue weighted by molar-refractivity contribution is -0.129. The molecule has 1 unspecified atom stereocenters. The summed E-state index contributed by atoms with van der Waals surface area (Å²) in [5.74, 6) is -0.897. The molecule has 6 heteroatoms. The van der Waals surface area contributed by atoms with Gasteiger partial charge in [-0.2, -0.15) is 0 Å². The number of ether oxygens (including phenoxy) is 1. The van der Waals surface area contributed by atoms with Crippen LogP contribution in [0.15, 0.2) is 18.6 Å². The van der Waals surface area contributed by atoms with Gasteiger partial charge in [-0.05, 0) is 19.8 Å². The molecule has 2 rings (SSSR count). The van der Waals surface area contributed by atoms with E-state index in [2.05, 4.69) is 15.3 Å². The summed E-state index contributed by atoms with van der Waals surface area (Å²) in [5, 5.41) is 2.88. The van der Waals surface area contributed by atoms with E-state index >= 15 is 0 Å². The van der Waals surface area contributed by atoms with E-state index in [9.17, 15) is 9.59 Å². The maximum atomic E-state index is 11.8. The van der Waals surface area contributed by atoms with Gasteiger partial charge in [-0.1, -0.05) is 12.8 Å². The van der Waals surface area contributed by atoms with Crippen LogP contribution in [0.1, 0.15) is 43.1 Å². The average molecular weight is 263 g/mol. The topological polar surface area (TPSA) is 81.2 Å². The lowest BCUT2D eigenvalue weighted by atomic mass is 10.2. The number of carbonyl (C=O) groups is 2. The molecule has 1 aliphatic rings. The van der Waals surface area contributed by atoms with Crippen LogP contribution in [-0.4, -0.2) is 34.0 Å². The van der Waals surface area contributed by atoms with E-state index in [1.54, 1.807) is 6.92 Å². The third-order valence-electron chi connectivity index (χ3n) is 3.13. The fourth-order valence-corrected chi connectivity index (χ4v) is 2.07. The Bertz CT molecular complexity index is 444. The summed E-state index contributed by atoms with van der Waals surface area (Å²) in [7, 11) is 0. The van der Waals surface area contributed by atoms with Crippen molar-refractivity contribution < 1.29 is 14.3 Å². The van der Waals surface area contributed by atoms with Crippen LogP contribution in [0.25, 0.3) is 0 Å². The normalized spacial score (nSPS) is 16.9. The summed E-state index contributed by atoms with van der Waals surface area (Å²) in [4.78, 5) is 31.1. The van der Waals surface area contributed by atoms with Crippen molar-refractivity contribution >= 4 is 11.9 Å². The number of nitrogens with one attached hydrogen (secondary N) is 1. The Labute approximate surface area is 111 Å². The number of amides is 1. The molecule has 1 fully saturated rings. The van der Waals surface area contributed by atoms with Crippen LogP contribution >= 0.6 is 0 Å². The minimum atomic E-state index is -0.824. The number of aromatic nitrogens is 2. The summed E-state index contributed by atoms with van der Waals surface area (Å²) in [6, 6.07) is 0.213. The second-order valence-corrected chi connectivity index (χ2v) is 4.63. The number of hydrogen-bond donors (Lipinski definition) is 1. The lowest BCUT2D eigenvalue weighted by Gasteiger charge is -2.16. The van der Waals surface area contributed by atoms with Crippen LogP contribution in [-0.2, 0) is 9.53 Å². The second-order valence-electron chi connectivity index (χ2n) is 4.63. The van der Waals surface area contributed by atoms with Gasteiger partial charge in [0, 0.05) is 18.4 Å². The van der Waals surface area contributed by atoms with Gasteiger partial charge in [0.05, 0.1) is 6.20 Å². The molecule has 102 valence electrons. The van der Waals surface area contributed by atoms with Gasteiger partial charge in [-0.15, -0.1) is 0 Å². The number of rotatable bonds is 4. The monoisotopic (exact) mass is 263 g/mol. The second kappa shape index (κ2) is 6.26. The molecule has 6 nitrogen and oxygen atoms in total. The molecule has 19 heavy (non-hydrogen) atoms. The maximum Gasteiger partial charge on any atom is 0.359 e. The molecule has 1 saturated carbocycles. The highest BCUT2D eigenvalue weighted by Crippen LogP contribution is 2.17. The molecule has 1 amide bonds. The molecule has 0 aliphatic heterocycles. The molecule has 0 radical (unpaired) electrons. The Morgan fingerprint density at radius 3 is 2.74 bits per heavy atom. The minimum absolute atomic E-state index is 0.100. The number of carbonyl (C=O) groups excluding carboxylic acids is 2. The predicted molar refractivity (Wildman–Crippen MR) is 67.3 cm³/mol. The molecule has 1 heterocycles. The fraction of sp³-hybridized carbons (Fsp3) is 0.538. The van der Waals surface area contributed by atoms with Crippen molar-refractivity contribution in [3.63, 3.8) is 0 Å². The van der Waals surface area contributed by atoms with Gasteiger partial charge in [0.15, 0.2) is 11.8 Å². The Balaban J connectivity index is 1.84. The minimum Gasteiger partial charge on any atom is -0.448 e. The quantitative estimate of drug-likeness (QED) is 0.822. The highest BCUT2D eigenvalue weighted by molar-refractivity contribution is 5.90. The maximum absolute atomic E-state index is 11.8. The van der Waals surface area contributed by atoms with E-state index in [-0.39, 0.29) is 17.6 Å². The number of esters is 1. The first-order chi connectivity index (χ1) is 9.16. The van der Waals surface area contributed by atoms with Crippen molar-refractivity contribution in [2.24, 2.45) is 0 Å². The summed E-state index contributed by atoms with van der Waals surface area (Å²) in [6.45, 7) is 1.55. The lowest BCUT2D eigenvalue weighted by Crippen LogP contribution is -2.40. The molecule has 0 spiro atoms. The fourth-order valence-electron chi connectivity index (χ4n) is 2.07. The van der Waals surface area contributed by atoms with Crippen LogP contribution in [0.2, 0.25) is 0 Å². The molecule has 0 saturated heterocycles. The molecule has 1 N–H and O–H groups in total. The van der Waals surface area contributed by atoms with Crippen LogP contribution in [0.5, 0.6) is 0 Å². The first-order valence-electron chi connectivity index (χ1n) is 6.44. The van der Waals surface area contributed by atoms with Gasteiger partial charge in [0.25, 0.3) is 5.91 Å². The van der Waals surface area contributed by atoms with Gasteiger partial charge in [0.2, 0.25) is 0 Å². The SMILES string of the molecule is CC(OC(=O)c1cnccn1)C(=O)NC1CCCC1. The van der Waals surface area contributed by atoms with Crippen LogP contribution in [0.4, 0.5) is 0 Å². The first-order valence-corrected chi connectivity index (χ1v) is 6.44. The van der Waals surface area contributed by atoms with Crippen molar-refractivity contribution in [1.82, 2.24) is 15.3 Å². The van der Waals surface area contributed by atoms with Crippen molar-refractivity contribution in [3.8, 4) is 0 Å². The van der Waals surface area contributed by atoms with Gasteiger partial charge in [-0.25, -0.2) is 9.78 Å². The van der Waals surface area contributed by atoms with E-state index in [1.807, 2.05) is 0 Å². The standard InChI is InChI=1S/C13H17N3O3/c1-9(12(17)16-10-4-2-3-5-10)19-13(18)11-8-14-6-7-15-11/h6-10H,2-5H2,1H3,(H,16,17). The summed E-state index contributed by atoms with van der Waals surface area (Å²) < 4.78 is 5.06. The van der Waals surface area contributed by atoms with Gasteiger partial charge in [-0.3, -0.25) is 9.78 Å². The Hall–Kier alpha value is -1.98. The van der Waals surface area contributed by atoms with Gasteiger partial charge >= 0.3 is 5.97 Å². The number of hydrogen-bond acceptors (Lipinski definition) is 5. The van der Waals surface area contributed by atoms with E-state index in [0.717, 1.165) is 25.7 Å². The predicted octanol–water partition coefficient (Wildman–Crippen LogP) is 1.08. The van der Waals surface area contributed by atoms with Crippen LogP contribution < -0.4 is 5.32 Å². The van der Waals surface area contributed by atoms with Crippen molar-refractivity contribution in [1.29, 1.82) is 0 Å². The molecule has 0 aromatic carbocycles. The average Bonchev–Trinajstić information content (AvgIpc) is 2.92. The largest absolute Gasteiger partial charge is 0.448 e. The Morgan fingerprint density at radius 1 is 1.37 bits per heavy atom. The van der Waals surface area contributed by atoms with E-state index in [1.165, 1.54) is 18.6 Å². The van der Waals surface area contributed by atoms with Crippen molar-refractivity contribution in [2.45, 2.75) is 44.8 Å². The van der Waals surface area contributed by atoms with E-state index in [4.69, 9.17) is 4.74 Å². The third-order valence-corrected chi connectivity index (χ3v) is 3.13. The zero-order chi connectivity index (χ0) is 13.7. The zero-order valence-electron chi connectivity index (χ0n) is 10.8. The smallest absolute Gasteiger partial charge is 0.359 e. The molecule has 0 bridgehead atoms. The first kappa shape index (κ1) is 13.5. The molecular weight excluding hydrogens is 246 g/mol.